The predicted molar refractivity (Wildman–Crippen MR) is 81.4 cm³/mol. The summed E-state index contributed by atoms with van der Waals surface area (Å²) in [5.74, 6) is 0.640. The van der Waals surface area contributed by atoms with E-state index >= 15 is 0 Å². The Morgan fingerprint density at radius 3 is 2.52 bits per heavy atom. The molecule has 0 bridgehead atoms. The van der Waals surface area contributed by atoms with Crippen molar-refractivity contribution in [1.82, 2.24) is 0 Å². The molecule has 1 heterocycles. The monoisotopic (exact) mass is 312 g/mol. The van der Waals surface area contributed by atoms with Gasteiger partial charge < -0.3 is 4.90 Å². The minimum Gasteiger partial charge on any atom is -0.369 e. The van der Waals surface area contributed by atoms with Gasteiger partial charge in [0, 0.05) is 30.6 Å². The molecule has 1 aromatic rings. The number of sulfone groups is 1. The van der Waals surface area contributed by atoms with Crippen molar-refractivity contribution < 1.29 is 13.3 Å². The average molecular weight is 312 g/mol. The predicted octanol–water partition coefficient (Wildman–Crippen LogP) is 2.62. The quantitative estimate of drug-likeness (QED) is 0.633. The lowest BCUT2D eigenvalue weighted by atomic mass is 9.93. The zero-order valence-corrected chi connectivity index (χ0v) is 13.3. The largest absolute Gasteiger partial charge is 0.369 e. The van der Waals surface area contributed by atoms with Crippen molar-refractivity contribution in [2.24, 2.45) is 5.92 Å². The van der Waals surface area contributed by atoms with Crippen LogP contribution in [0.4, 0.5) is 11.4 Å². The number of hydrogen-bond donors (Lipinski definition) is 0. The molecule has 1 fully saturated rings. The molecule has 6 nitrogen and oxygen atoms in total. The summed E-state index contributed by atoms with van der Waals surface area (Å²) in [7, 11) is -3.61. The van der Waals surface area contributed by atoms with Crippen molar-refractivity contribution in [1.29, 1.82) is 0 Å². The van der Waals surface area contributed by atoms with Crippen molar-refractivity contribution in [3.8, 4) is 0 Å². The number of anilines is 1. The Hall–Kier alpha value is -1.63. The number of benzene rings is 1. The first kappa shape index (κ1) is 15.8. The van der Waals surface area contributed by atoms with E-state index in [0.717, 1.165) is 25.6 Å². The molecule has 2 rings (SSSR count). The number of piperidine rings is 1. The maximum atomic E-state index is 11.6. The number of nitro benzene ring substituents is 1. The van der Waals surface area contributed by atoms with E-state index in [1.165, 1.54) is 12.1 Å². The van der Waals surface area contributed by atoms with Crippen LogP contribution in [0.15, 0.2) is 23.1 Å². The first-order valence-corrected chi connectivity index (χ1v) is 8.84. The van der Waals surface area contributed by atoms with E-state index < -0.39 is 14.8 Å². The Bertz CT molecular complexity index is 657. The summed E-state index contributed by atoms with van der Waals surface area (Å²) < 4.78 is 23.3. The van der Waals surface area contributed by atoms with Crippen LogP contribution in [0.1, 0.15) is 26.7 Å². The van der Waals surface area contributed by atoms with E-state index in [9.17, 15) is 18.5 Å². The van der Waals surface area contributed by atoms with Crippen LogP contribution in [0.2, 0.25) is 0 Å². The highest BCUT2D eigenvalue weighted by Gasteiger charge is 2.27. The molecule has 1 aliphatic rings. The van der Waals surface area contributed by atoms with Gasteiger partial charge in [0.1, 0.15) is 4.90 Å². The van der Waals surface area contributed by atoms with Gasteiger partial charge in [-0.15, -0.1) is 0 Å². The van der Waals surface area contributed by atoms with Crippen LogP contribution in [0.3, 0.4) is 0 Å². The van der Waals surface area contributed by atoms with Crippen molar-refractivity contribution in [3.05, 3.63) is 28.3 Å². The lowest BCUT2D eigenvalue weighted by Gasteiger charge is -2.38. The van der Waals surface area contributed by atoms with Crippen LogP contribution >= 0.6 is 0 Å². The molecule has 0 amide bonds. The van der Waals surface area contributed by atoms with E-state index in [-0.39, 0.29) is 16.6 Å². The van der Waals surface area contributed by atoms with E-state index in [2.05, 4.69) is 18.7 Å². The number of rotatable bonds is 3. The van der Waals surface area contributed by atoms with Gasteiger partial charge in [-0.05, 0) is 37.8 Å². The molecule has 2 atom stereocenters. The normalized spacial score (nSPS) is 23.1. The van der Waals surface area contributed by atoms with Gasteiger partial charge in [-0.1, -0.05) is 6.92 Å². The van der Waals surface area contributed by atoms with E-state index in [1.807, 2.05) is 0 Å². The van der Waals surface area contributed by atoms with Crippen molar-refractivity contribution in [2.45, 2.75) is 37.6 Å². The van der Waals surface area contributed by atoms with Gasteiger partial charge in [0.15, 0.2) is 9.84 Å². The minimum absolute atomic E-state index is 0.228. The molecule has 0 aromatic heterocycles. The Morgan fingerprint density at radius 1 is 1.33 bits per heavy atom. The second-order valence-corrected chi connectivity index (χ2v) is 7.84. The van der Waals surface area contributed by atoms with Gasteiger partial charge >= 0.3 is 0 Å². The molecule has 1 saturated heterocycles. The van der Waals surface area contributed by atoms with Crippen LogP contribution in [0.5, 0.6) is 0 Å². The van der Waals surface area contributed by atoms with Crippen molar-refractivity contribution >= 4 is 21.2 Å². The highest BCUT2D eigenvalue weighted by molar-refractivity contribution is 7.90. The standard InChI is InChI=1S/C14H20N2O4S/c1-10-6-7-15(11(2)8-10)12-4-5-14(21(3,19)20)13(9-12)16(17)18/h4-5,9-11H,6-8H2,1-3H3/t10-,11+/m1/s1. The van der Waals surface area contributed by atoms with E-state index in [4.69, 9.17) is 0 Å². The second-order valence-electron chi connectivity index (χ2n) is 5.85. The first-order valence-electron chi connectivity index (χ1n) is 6.95. The molecule has 0 saturated carbocycles. The van der Waals surface area contributed by atoms with Gasteiger partial charge in [0.2, 0.25) is 0 Å². The average Bonchev–Trinajstić information content (AvgIpc) is 2.37. The van der Waals surface area contributed by atoms with Crippen molar-refractivity contribution in [3.63, 3.8) is 0 Å². The Labute approximate surface area is 124 Å². The molecule has 1 aromatic carbocycles. The maximum absolute atomic E-state index is 11.6. The van der Waals surface area contributed by atoms with Gasteiger partial charge in [-0.25, -0.2) is 8.42 Å². The molecule has 1 aliphatic heterocycles. The summed E-state index contributed by atoms with van der Waals surface area (Å²) in [5.41, 5.74) is 0.370. The fraction of sp³-hybridized carbons (Fsp3) is 0.571. The number of nitrogens with zero attached hydrogens (tertiary/aromatic N) is 2. The summed E-state index contributed by atoms with van der Waals surface area (Å²) >= 11 is 0. The molecule has 0 aliphatic carbocycles. The zero-order chi connectivity index (χ0) is 15.8. The van der Waals surface area contributed by atoms with Crippen molar-refractivity contribution in [2.75, 3.05) is 17.7 Å². The maximum Gasteiger partial charge on any atom is 0.290 e. The number of nitro groups is 1. The summed E-state index contributed by atoms with van der Waals surface area (Å²) in [6.45, 7) is 5.12. The molecular formula is C14H20N2O4S. The van der Waals surface area contributed by atoms with Crippen LogP contribution in [0.25, 0.3) is 0 Å². The zero-order valence-electron chi connectivity index (χ0n) is 12.4. The lowest BCUT2D eigenvalue weighted by Crippen LogP contribution is -2.40. The SMILES string of the molecule is C[C@@H]1CCN(c2ccc(S(C)(=O)=O)c([N+](=O)[O-])c2)[C@@H](C)C1. The molecular weight excluding hydrogens is 292 g/mol. The van der Waals surface area contributed by atoms with Gasteiger partial charge in [-0.2, -0.15) is 0 Å². The molecule has 116 valence electrons. The Morgan fingerprint density at radius 2 is 2.00 bits per heavy atom. The summed E-state index contributed by atoms with van der Waals surface area (Å²) in [5, 5.41) is 11.2. The molecule has 0 spiro atoms. The molecule has 0 N–H and O–H groups in total. The number of hydrogen-bond acceptors (Lipinski definition) is 5. The van der Waals surface area contributed by atoms with Crippen LogP contribution < -0.4 is 4.90 Å². The molecule has 0 radical (unpaired) electrons. The van der Waals surface area contributed by atoms with Gasteiger partial charge in [-0.3, -0.25) is 10.1 Å². The van der Waals surface area contributed by atoms with Crippen LogP contribution in [-0.4, -0.2) is 32.2 Å². The summed E-state index contributed by atoms with van der Waals surface area (Å²) in [4.78, 5) is 12.4. The highest BCUT2D eigenvalue weighted by atomic mass is 32.2. The van der Waals surface area contributed by atoms with Crippen LogP contribution in [-0.2, 0) is 9.84 Å². The summed E-state index contributed by atoms with van der Waals surface area (Å²) in [6, 6.07) is 4.67. The fourth-order valence-corrected chi connectivity index (χ4v) is 3.76. The third-order valence-electron chi connectivity index (χ3n) is 4.01. The van der Waals surface area contributed by atoms with Crippen LogP contribution in [0, 0.1) is 16.0 Å². The van der Waals surface area contributed by atoms with E-state index in [1.54, 1.807) is 6.07 Å². The second kappa shape index (κ2) is 5.63. The van der Waals surface area contributed by atoms with E-state index in [0.29, 0.717) is 11.6 Å². The third-order valence-corrected chi connectivity index (χ3v) is 5.15. The highest BCUT2D eigenvalue weighted by Crippen LogP contribution is 2.33. The topological polar surface area (TPSA) is 80.5 Å². The molecule has 7 heteroatoms. The minimum atomic E-state index is -3.61. The fourth-order valence-electron chi connectivity index (χ4n) is 2.93. The Balaban J connectivity index is 2.43. The molecule has 21 heavy (non-hydrogen) atoms. The summed E-state index contributed by atoms with van der Waals surface area (Å²) in [6.07, 6.45) is 3.05. The first-order chi connectivity index (χ1) is 9.70. The third kappa shape index (κ3) is 3.34. The smallest absolute Gasteiger partial charge is 0.290 e. The Kier molecular flexibility index (Phi) is 4.22. The molecule has 0 unspecified atom stereocenters. The van der Waals surface area contributed by atoms with Gasteiger partial charge in [0.25, 0.3) is 5.69 Å². The van der Waals surface area contributed by atoms with Gasteiger partial charge in [0.05, 0.1) is 4.92 Å². The lowest BCUT2D eigenvalue weighted by molar-refractivity contribution is -0.387.